The molecule has 0 bridgehead atoms. The van der Waals surface area contributed by atoms with Gasteiger partial charge in [-0.1, -0.05) is 29.3 Å². The highest BCUT2D eigenvalue weighted by atomic mass is 35.5. The summed E-state index contributed by atoms with van der Waals surface area (Å²) in [6, 6.07) is 10.3. The maximum absolute atomic E-state index is 12.5. The number of alkyl halides is 2. The second kappa shape index (κ2) is 9.21. The average Bonchev–Trinajstić information content (AvgIpc) is 2.58. The lowest BCUT2D eigenvalue weighted by molar-refractivity contribution is -0.112. The van der Waals surface area contributed by atoms with Crippen molar-refractivity contribution in [3.05, 3.63) is 57.6 Å². The van der Waals surface area contributed by atoms with Crippen LogP contribution in [-0.4, -0.2) is 19.6 Å². The number of anilines is 1. The number of ether oxygens (including phenoxy) is 2. The van der Waals surface area contributed by atoms with Crippen LogP contribution in [0.2, 0.25) is 10.0 Å². The zero-order valence-corrected chi connectivity index (χ0v) is 15.3. The van der Waals surface area contributed by atoms with E-state index in [2.05, 4.69) is 10.1 Å². The third-order valence-electron chi connectivity index (χ3n) is 3.20. The first-order valence-corrected chi connectivity index (χ1v) is 8.10. The number of halogens is 4. The van der Waals surface area contributed by atoms with Crippen LogP contribution in [0.3, 0.4) is 0 Å². The van der Waals surface area contributed by atoms with E-state index in [-0.39, 0.29) is 17.1 Å². The summed E-state index contributed by atoms with van der Waals surface area (Å²) in [6.45, 7) is -3.05. The van der Waals surface area contributed by atoms with Gasteiger partial charge in [0.2, 0.25) is 0 Å². The topological polar surface area (TPSA) is 71.3 Å². The molecule has 0 fully saturated rings. The fourth-order valence-corrected chi connectivity index (χ4v) is 2.64. The fourth-order valence-electron chi connectivity index (χ4n) is 2.11. The van der Waals surface area contributed by atoms with Gasteiger partial charge in [-0.25, -0.2) is 0 Å². The van der Waals surface area contributed by atoms with E-state index < -0.39 is 12.5 Å². The molecule has 1 amide bonds. The van der Waals surface area contributed by atoms with Crippen molar-refractivity contribution >= 4 is 40.9 Å². The van der Waals surface area contributed by atoms with Gasteiger partial charge in [0, 0.05) is 15.7 Å². The monoisotopic (exact) mass is 412 g/mol. The highest BCUT2D eigenvalue weighted by molar-refractivity contribution is 6.35. The van der Waals surface area contributed by atoms with Gasteiger partial charge in [-0.15, -0.1) is 0 Å². The number of nitriles is 1. The van der Waals surface area contributed by atoms with Crippen LogP contribution in [0.1, 0.15) is 5.56 Å². The Balaban J connectivity index is 2.29. The van der Waals surface area contributed by atoms with Crippen LogP contribution in [0.15, 0.2) is 42.0 Å². The molecule has 27 heavy (non-hydrogen) atoms. The van der Waals surface area contributed by atoms with Crippen LogP contribution in [0, 0.1) is 11.3 Å². The molecular weight excluding hydrogens is 401 g/mol. The molecule has 2 aromatic carbocycles. The molecule has 0 saturated heterocycles. The summed E-state index contributed by atoms with van der Waals surface area (Å²) in [6.07, 6.45) is 1.22. The molecule has 9 heteroatoms. The van der Waals surface area contributed by atoms with Gasteiger partial charge in [0.1, 0.15) is 11.6 Å². The number of carbonyl (C=O) groups excluding carboxylic acids is 1. The van der Waals surface area contributed by atoms with Crippen molar-refractivity contribution in [1.82, 2.24) is 0 Å². The third-order valence-corrected chi connectivity index (χ3v) is 3.64. The summed E-state index contributed by atoms with van der Waals surface area (Å²) < 4.78 is 34.3. The van der Waals surface area contributed by atoms with Gasteiger partial charge in [-0.05, 0) is 42.0 Å². The van der Waals surface area contributed by atoms with E-state index in [0.717, 1.165) is 0 Å². The first-order chi connectivity index (χ1) is 12.8. The number of carbonyl (C=O) groups is 1. The quantitative estimate of drug-likeness (QED) is 0.525. The third kappa shape index (κ3) is 5.84. The first-order valence-electron chi connectivity index (χ1n) is 7.34. The molecule has 0 unspecified atom stereocenters. The van der Waals surface area contributed by atoms with Crippen LogP contribution >= 0.6 is 23.2 Å². The Bertz CT molecular complexity index is 907. The molecule has 0 saturated carbocycles. The van der Waals surface area contributed by atoms with Crippen LogP contribution in [-0.2, 0) is 4.79 Å². The average molecular weight is 413 g/mol. The molecular formula is C18H12Cl2F2N2O3. The number of hydrogen-bond donors (Lipinski definition) is 1. The number of methoxy groups -OCH3 is 1. The normalized spacial score (nSPS) is 11.1. The molecule has 1 N–H and O–H groups in total. The Morgan fingerprint density at radius 1 is 1.19 bits per heavy atom. The van der Waals surface area contributed by atoms with Gasteiger partial charge >= 0.3 is 6.61 Å². The largest absolute Gasteiger partial charge is 0.493 e. The lowest BCUT2D eigenvalue weighted by Crippen LogP contribution is -2.13. The van der Waals surface area contributed by atoms with E-state index in [4.69, 9.17) is 27.9 Å². The number of amides is 1. The minimum absolute atomic E-state index is 0.0870. The number of hydrogen-bond acceptors (Lipinski definition) is 4. The minimum atomic E-state index is -3.05. The lowest BCUT2D eigenvalue weighted by atomic mass is 10.1. The molecule has 0 aliphatic heterocycles. The van der Waals surface area contributed by atoms with Gasteiger partial charge in [0.25, 0.3) is 5.91 Å². The molecule has 0 aliphatic carbocycles. The maximum Gasteiger partial charge on any atom is 0.387 e. The summed E-state index contributed by atoms with van der Waals surface area (Å²) in [5, 5.41) is 12.4. The zero-order chi connectivity index (χ0) is 20.0. The SMILES string of the molecule is COc1ccc(/C=C(\C#N)C(=O)Nc2cc(Cl)cc(Cl)c2)cc1OC(F)F. The predicted molar refractivity (Wildman–Crippen MR) is 98.3 cm³/mol. The van der Waals surface area contributed by atoms with Crippen molar-refractivity contribution in [2.45, 2.75) is 6.61 Å². The van der Waals surface area contributed by atoms with Gasteiger partial charge < -0.3 is 14.8 Å². The highest BCUT2D eigenvalue weighted by Crippen LogP contribution is 2.30. The highest BCUT2D eigenvalue weighted by Gasteiger charge is 2.14. The summed E-state index contributed by atoms with van der Waals surface area (Å²) in [4.78, 5) is 12.3. The molecule has 5 nitrogen and oxygen atoms in total. The van der Waals surface area contributed by atoms with Crippen LogP contribution < -0.4 is 14.8 Å². The van der Waals surface area contributed by atoms with Crippen LogP contribution in [0.5, 0.6) is 11.5 Å². The molecule has 0 atom stereocenters. The molecule has 2 aromatic rings. The Kier molecular flexibility index (Phi) is 6.99. The van der Waals surface area contributed by atoms with Crippen molar-refractivity contribution in [3.63, 3.8) is 0 Å². The molecule has 0 heterocycles. The zero-order valence-electron chi connectivity index (χ0n) is 13.8. The van der Waals surface area contributed by atoms with Crippen LogP contribution in [0.25, 0.3) is 6.08 Å². The second-order valence-electron chi connectivity index (χ2n) is 5.07. The van der Waals surface area contributed by atoms with Gasteiger partial charge in [0.15, 0.2) is 11.5 Å². The minimum Gasteiger partial charge on any atom is -0.493 e. The van der Waals surface area contributed by atoms with Crippen molar-refractivity contribution in [1.29, 1.82) is 5.26 Å². The van der Waals surface area contributed by atoms with E-state index in [0.29, 0.717) is 21.3 Å². The second-order valence-corrected chi connectivity index (χ2v) is 5.94. The predicted octanol–water partition coefficient (Wildman–Crippen LogP) is 5.15. The van der Waals surface area contributed by atoms with Crippen molar-refractivity contribution in [3.8, 4) is 17.6 Å². The molecule has 140 valence electrons. The number of benzene rings is 2. The van der Waals surface area contributed by atoms with E-state index in [1.54, 1.807) is 6.07 Å². The van der Waals surface area contributed by atoms with Crippen LogP contribution in [0.4, 0.5) is 14.5 Å². The summed E-state index contributed by atoms with van der Waals surface area (Å²) >= 11 is 11.7. The van der Waals surface area contributed by atoms with Gasteiger partial charge in [-0.3, -0.25) is 4.79 Å². The Morgan fingerprint density at radius 3 is 2.41 bits per heavy atom. The maximum atomic E-state index is 12.5. The molecule has 0 aromatic heterocycles. The lowest BCUT2D eigenvalue weighted by Gasteiger charge is -2.10. The standard InChI is InChI=1S/C18H12Cl2F2N2O3/c1-26-15-3-2-10(5-16(15)27-18(21)22)4-11(9-23)17(25)24-14-7-12(19)6-13(20)8-14/h2-8,18H,1H3,(H,24,25)/b11-4+. The summed E-state index contributed by atoms with van der Waals surface area (Å²) in [5.41, 5.74) is 0.330. The molecule has 2 rings (SSSR count). The fraction of sp³-hybridized carbons (Fsp3) is 0.111. The first kappa shape index (κ1) is 20.5. The van der Waals surface area contributed by atoms with Crippen molar-refractivity contribution in [2.75, 3.05) is 12.4 Å². The van der Waals surface area contributed by atoms with E-state index >= 15 is 0 Å². The van der Waals surface area contributed by atoms with E-state index in [1.165, 1.54) is 49.6 Å². The van der Waals surface area contributed by atoms with Crippen molar-refractivity contribution in [2.24, 2.45) is 0 Å². The molecule has 0 radical (unpaired) electrons. The van der Waals surface area contributed by atoms with E-state index in [1.807, 2.05) is 0 Å². The number of rotatable bonds is 6. The number of nitrogens with one attached hydrogen (secondary N) is 1. The molecule has 0 aliphatic rings. The number of nitrogens with zero attached hydrogens (tertiary/aromatic N) is 1. The van der Waals surface area contributed by atoms with Gasteiger partial charge in [-0.2, -0.15) is 14.0 Å². The Labute approximate surface area is 163 Å². The Morgan fingerprint density at radius 2 is 1.85 bits per heavy atom. The van der Waals surface area contributed by atoms with Gasteiger partial charge in [0.05, 0.1) is 7.11 Å². The Hall–Kier alpha value is -2.82. The smallest absolute Gasteiger partial charge is 0.387 e. The van der Waals surface area contributed by atoms with Crippen molar-refractivity contribution < 1.29 is 23.0 Å². The van der Waals surface area contributed by atoms with E-state index in [9.17, 15) is 18.8 Å². The summed E-state index contributed by atoms with van der Waals surface area (Å²) in [5.74, 6) is -0.854. The summed E-state index contributed by atoms with van der Waals surface area (Å²) in [7, 11) is 1.30. The molecule has 0 spiro atoms.